The Balaban J connectivity index is 2.24. The molecule has 0 spiro atoms. The zero-order valence-corrected chi connectivity index (χ0v) is 22.4. The zero-order chi connectivity index (χ0) is 26.1. The molecular weight excluding hydrogens is 519 g/mol. The summed E-state index contributed by atoms with van der Waals surface area (Å²) in [5.74, 6) is 1.38. The first-order chi connectivity index (χ1) is 17.7. The summed E-state index contributed by atoms with van der Waals surface area (Å²) in [6.45, 7) is 6.10. The number of alkyl halides is 2. The molecule has 0 aromatic heterocycles. The van der Waals surface area contributed by atoms with Crippen molar-refractivity contribution in [3.8, 4) is 11.5 Å². The minimum Gasteiger partial charge on any atom is -0.491 e. The van der Waals surface area contributed by atoms with Crippen LogP contribution in [-0.4, -0.2) is 117 Å². The summed E-state index contributed by atoms with van der Waals surface area (Å²) in [5, 5.41) is 0. The van der Waals surface area contributed by atoms with Gasteiger partial charge < -0.3 is 42.6 Å². The van der Waals surface area contributed by atoms with Crippen molar-refractivity contribution in [1.82, 2.24) is 0 Å². The molecule has 0 unspecified atom stereocenters. The second-order valence-corrected chi connectivity index (χ2v) is 7.69. The maximum absolute atomic E-state index is 12.0. The van der Waals surface area contributed by atoms with Crippen molar-refractivity contribution in [2.24, 2.45) is 0 Å². The molecule has 0 aliphatic heterocycles. The van der Waals surface area contributed by atoms with Crippen LogP contribution in [0.3, 0.4) is 0 Å². The molecule has 0 aliphatic carbocycles. The van der Waals surface area contributed by atoms with Crippen LogP contribution in [0.1, 0.15) is 10.4 Å². The van der Waals surface area contributed by atoms with Crippen molar-refractivity contribution in [3.63, 3.8) is 0 Å². The van der Waals surface area contributed by atoms with Crippen LogP contribution < -0.4 is 9.47 Å². The number of methoxy groups -OCH3 is 1. The van der Waals surface area contributed by atoms with Gasteiger partial charge >= 0.3 is 5.97 Å². The largest absolute Gasteiger partial charge is 0.491 e. The Hall–Kier alpha value is -1.37. The molecule has 0 atom stereocenters. The number of rotatable bonds is 25. The van der Waals surface area contributed by atoms with E-state index in [4.69, 9.17) is 65.8 Å². The molecule has 1 rings (SSSR count). The summed E-state index contributed by atoms with van der Waals surface area (Å²) in [7, 11) is 1.32. The van der Waals surface area contributed by atoms with Crippen LogP contribution in [0.2, 0.25) is 0 Å². The molecule has 10 nitrogen and oxygen atoms in total. The Labute approximate surface area is 223 Å². The van der Waals surface area contributed by atoms with E-state index < -0.39 is 5.97 Å². The average molecular weight is 557 g/mol. The number of hydrogen-bond acceptors (Lipinski definition) is 10. The smallest absolute Gasteiger partial charge is 0.338 e. The van der Waals surface area contributed by atoms with E-state index in [1.165, 1.54) is 7.11 Å². The molecule has 0 amide bonds. The normalized spacial score (nSPS) is 11.0. The van der Waals surface area contributed by atoms with Gasteiger partial charge in [0.1, 0.15) is 24.7 Å². The molecule has 12 heteroatoms. The lowest BCUT2D eigenvalue weighted by atomic mass is 10.2. The van der Waals surface area contributed by atoms with Crippen LogP contribution in [-0.2, 0) is 33.2 Å². The number of ether oxygens (including phenoxy) is 9. The van der Waals surface area contributed by atoms with Gasteiger partial charge in [-0.25, -0.2) is 4.79 Å². The highest BCUT2D eigenvalue weighted by molar-refractivity contribution is 6.18. The fraction of sp³-hybridized carbons (Fsp3) is 0.708. The number of benzene rings is 1. The van der Waals surface area contributed by atoms with Crippen molar-refractivity contribution in [2.75, 3.05) is 111 Å². The minimum absolute atomic E-state index is 0.295. The van der Waals surface area contributed by atoms with Gasteiger partial charge in [0.15, 0.2) is 0 Å². The summed E-state index contributed by atoms with van der Waals surface area (Å²) in [5.41, 5.74) is 0.321. The molecule has 208 valence electrons. The molecule has 0 fully saturated rings. The molecule has 36 heavy (non-hydrogen) atoms. The minimum atomic E-state index is -0.489. The van der Waals surface area contributed by atoms with Gasteiger partial charge in [-0.05, 0) is 12.1 Å². The van der Waals surface area contributed by atoms with E-state index in [2.05, 4.69) is 0 Å². The number of esters is 1. The van der Waals surface area contributed by atoms with E-state index in [0.29, 0.717) is 121 Å². The molecule has 0 bridgehead atoms. The summed E-state index contributed by atoms with van der Waals surface area (Å²) >= 11 is 11.0. The maximum Gasteiger partial charge on any atom is 0.338 e. The third-order valence-electron chi connectivity index (χ3n) is 4.22. The summed E-state index contributed by atoms with van der Waals surface area (Å²) < 4.78 is 48.4. The molecule has 0 saturated carbocycles. The summed E-state index contributed by atoms with van der Waals surface area (Å²) in [6.07, 6.45) is 0. The Bertz CT molecular complexity index is 622. The van der Waals surface area contributed by atoms with Gasteiger partial charge in [-0.3, -0.25) is 0 Å². The third-order valence-corrected chi connectivity index (χ3v) is 4.53. The van der Waals surface area contributed by atoms with Crippen LogP contribution in [0.25, 0.3) is 0 Å². The second-order valence-electron chi connectivity index (χ2n) is 6.93. The van der Waals surface area contributed by atoms with E-state index >= 15 is 0 Å². The third kappa shape index (κ3) is 18.0. The van der Waals surface area contributed by atoms with Gasteiger partial charge in [0, 0.05) is 17.8 Å². The number of carbonyl (C=O) groups excluding carboxylic acids is 1. The van der Waals surface area contributed by atoms with E-state index in [-0.39, 0.29) is 0 Å². The highest BCUT2D eigenvalue weighted by Crippen LogP contribution is 2.23. The van der Waals surface area contributed by atoms with E-state index in [1.54, 1.807) is 18.2 Å². The lowest BCUT2D eigenvalue weighted by Gasteiger charge is -2.12. The quantitative estimate of drug-likeness (QED) is 0.101. The lowest BCUT2D eigenvalue weighted by molar-refractivity contribution is 0.0112. The first kappa shape index (κ1) is 32.7. The average Bonchev–Trinajstić information content (AvgIpc) is 2.89. The monoisotopic (exact) mass is 556 g/mol. The van der Waals surface area contributed by atoms with Gasteiger partial charge in [0.25, 0.3) is 0 Å². The predicted octanol–water partition coefficient (Wildman–Crippen LogP) is 2.81. The zero-order valence-electron chi connectivity index (χ0n) is 20.9. The van der Waals surface area contributed by atoms with E-state index in [0.717, 1.165) is 0 Å². The Morgan fingerprint density at radius 3 is 1.22 bits per heavy atom. The first-order valence-electron chi connectivity index (χ1n) is 11.8. The number of hydrogen-bond donors (Lipinski definition) is 0. The molecule has 0 radical (unpaired) electrons. The molecule has 0 N–H and O–H groups in total. The summed E-state index contributed by atoms with van der Waals surface area (Å²) in [4.78, 5) is 12.0. The molecule has 0 heterocycles. The van der Waals surface area contributed by atoms with Crippen molar-refractivity contribution < 1.29 is 47.4 Å². The van der Waals surface area contributed by atoms with Crippen LogP contribution >= 0.6 is 23.2 Å². The predicted molar refractivity (Wildman–Crippen MR) is 135 cm³/mol. The first-order valence-corrected chi connectivity index (χ1v) is 12.9. The van der Waals surface area contributed by atoms with Crippen molar-refractivity contribution >= 4 is 29.2 Å². The highest BCUT2D eigenvalue weighted by Gasteiger charge is 2.11. The van der Waals surface area contributed by atoms with Gasteiger partial charge in [0.2, 0.25) is 0 Å². The Kier molecular flexibility index (Phi) is 21.8. The molecule has 1 aromatic carbocycles. The van der Waals surface area contributed by atoms with Crippen LogP contribution in [0.15, 0.2) is 18.2 Å². The number of halogens is 2. The van der Waals surface area contributed by atoms with Gasteiger partial charge in [-0.2, -0.15) is 0 Å². The summed E-state index contributed by atoms with van der Waals surface area (Å²) in [6, 6.07) is 4.88. The highest BCUT2D eigenvalue weighted by atomic mass is 35.5. The second kappa shape index (κ2) is 24.0. The van der Waals surface area contributed by atoms with Crippen LogP contribution in [0.5, 0.6) is 11.5 Å². The Morgan fingerprint density at radius 1 is 0.556 bits per heavy atom. The molecule has 0 aliphatic rings. The van der Waals surface area contributed by atoms with Gasteiger partial charge in [-0.15, -0.1) is 23.2 Å². The number of carbonyl (C=O) groups is 1. The molecule has 1 aromatic rings. The SMILES string of the molecule is COC(=O)c1cc(OCCOCCOCCOCCCl)cc(OCCOCCOCCOCCCl)c1. The molecular formula is C24H38Cl2O10. The van der Waals surface area contributed by atoms with Crippen LogP contribution in [0, 0.1) is 0 Å². The van der Waals surface area contributed by atoms with Gasteiger partial charge in [0.05, 0.1) is 92.0 Å². The van der Waals surface area contributed by atoms with E-state index in [1.807, 2.05) is 0 Å². The van der Waals surface area contributed by atoms with Crippen molar-refractivity contribution in [3.05, 3.63) is 23.8 Å². The van der Waals surface area contributed by atoms with Crippen molar-refractivity contribution in [2.45, 2.75) is 0 Å². The Morgan fingerprint density at radius 2 is 0.889 bits per heavy atom. The topological polar surface area (TPSA) is 100 Å². The maximum atomic E-state index is 12.0. The fourth-order valence-electron chi connectivity index (χ4n) is 2.60. The van der Waals surface area contributed by atoms with Crippen LogP contribution in [0.4, 0.5) is 0 Å². The fourth-order valence-corrected chi connectivity index (χ4v) is 2.82. The molecule has 0 saturated heterocycles. The standard InChI is InChI=1S/C24H38Cl2O10/c1-28-24(27)21-18-22(35-16-14-33-12-10-31-8-6-29-4-2-25)20-23(19-21)36-17-15-34-13-11-32-9-7-30-5-3-26/h18-20H,2-17H2,1H3. The van der Waals surface area contributed by atoms with E-state index in [9.17, 15) is 4.79 Å². The lowest BCUT2D eigenvalue weighted by Crippen LogP contribution is -2.14. The van der Waals surface area contributed by atoms with Crippen molar-refractivity contribution in [1.29, 1.82) is 0 Å². The van der Waals surface area contributed by atoms with Gasteiger partial charge in [-0.1, -0.05) is 0 Å².